The summed E-state index contributed by atoms with van der Waals surface area (Å²) in [6, 6.07) is 13.5. The lowest BCUT2D eigenvalue weighted by atomic mass is 10.1. The minimum absolute atomic E-state index is 0.0242. The monoisotopic (exact) mass is 442 g/mol. The largest absolute Gasteiger partial charge is 0.493 e. The van der Waals surface area contributed by atoms with Gasteiger partial charge in [0.2, 0.25) is 0 Å². The topological polar surface area (TPSA) is 71.3 Å². The summed E-state index contributed by atoms with van der Waals surface area (Å²) in [6.07, 6.45) is 1.52. The molecule has 0 aliphatic rings. The second-order valence-electron chi connectivity index (χ2n) is 6.61. The van der Waals surface area contributed by atoms with E-state index in [0.29, 0.717) is 28.1 Å². The molecular weight excluding hydrogens is 420 g/mol. The Balaban J connectivity index is 2.28. The first-order valence-electron chi connectivity index (χ1n) is 8.82. The van der Waals surface area contributed by atoms with Crippen LogP contribution in [0.5, 0.6) is 11.5 Å². The maximum Gasteiger partial charge on any atom is 0.262 e. The van der Waals surface area contributed by atoms with Crippen LogP contribution in [0.2, 0.25) is 0 Å². The van der Waals surface area contributed by atoms with Gasteiger partial charge >= 0.3 is 0 Å². The molecule has 28 heavy (non-hydrogen) atoms. The van der Waals surface area contributed by atoms with E-state index in [1.165, 1.54) is 6.08 Å². The number of aryl methyl sites for hydroxylation is 1. The zero-order valence-electron chi connectivity index (χ0n) is 16.4. The van der Waals surface area contributed by atoms with Gasteiger partial charge in [0.05, 0.1) is 11.6 Å². The molecule has 0 bridgehead atoms. The van der Waals surface area contributed by atoms with Crippen LogP contribution in [0.1, 0.15) is 30.5 Å². The fourth-order valence-electron chi connectivity index (χ4n) is 2.58. The van der Waals surface area contributed by atoms with Crippen LogP contribution in [-0.2, 0) is 11.4 Å². The van der Waals surface area contributed by atoms with Crippen molar-refractivity contribution in [1.29, 1.82) is 5.26 Å². The summed E-state index contributed by atoms with van der Waals surface area (Å²) >= 11 is 3.50. The summed E-state index contributed by atoms with van der Waals surface area (Å²) in [5.74, 6) is 0.661. The number of amides is 1. The number of carbonyl (C=O) groups excluding carboxylic acids is 1. The number of hydrogen-bond donors (Lipinski definition) is 1. The van der Waals surface area contributed by atoms with Crippen LogP contribution in [-0.4, -0.2) is 19.1 Å². The highest BCUT2D eigenvalue weighted by Gasteiger charge is 2.14. The molecule has 0 aromatic heterocycles. The van der Waals surface area contributed by atoms with Crippen LogP contribution >= 0.6 is 15.9 Å². The van der Waals surface area contributed by atoms with Gasteiger partial charge in [0.15, 0.2) is 11.5 Å². The van der Waals surface area contributed by atoms with E-state index in [9.17, 15) is 10.1 Å². The van der Waals surface area contributed by atoms with Crippen LogP contribution in [0.15, 0.2) is 46.4 Å². The quantitative estimate of drug-likeness (QED) is 0.494. The van der Waals surface area contributed by atoms with Crippen molar-refractivity contribution in [3.63, 3.8) is 0 Å². The molecule has 1 amide bonds. The van der Waals surface area contributed by atoms with Crippen molar-refractivity contribution >= 4 is 27.9 Å². The standard InChI is InChI=1S/C22H23BrN2O3/c1-14(2)25-22(26)18(12-24)9-17-10-19(23)21(20(11-17)27-4)28-13-16-7-5-6-15(3)8-16/h5-11,14H,13H2,1-4H3,(H,25,26)/b18-9-. The molecule has 0 radical (unpaired) electrons. The second kappa shape index (κ2) is 9.95. The molecule has 0 saturated heterocycles. The Morgan fingerprint density at radius 2 is 2.07 bits per heavy atom. The van der Waals surface area contributed by atoms with E-state index in [4.69, 9.17) is 9.47 Å². The highest BCUT2D eigenvalue weighted by Crippen LogP contribution is 2.37. The zero-order chi connectivity index (χ0) is 20.7. The maximum atomic E-state index is 12.1. The number of carbonyl (C=O) groups is 1. The van der Waals surface area contributed by atoms with Gasteiger partial charge in [0.25, 0.3) is 5.91 Å². The minimum Gasteiger partial charge on any atom is -0.493 e. The highest BCUT2D eigenvalue weighted by molar-refractivity contribution is 9.10. The summed E-state index contributed by atoms with van der Waals surface area (Å²) in [5, 5.41) is 12.0. The number of rotatable bonds is 7. The van der Waals surface area contributed by atoms with E-state index in [1.54, 1.807) is 19.2 Å². The Morgan fingerprint density at radius 3 is 2.68 bits per heavy atom. The van der Waals surface area contributed by atoms with Crippen LogP contribution in [0.4, 0.5) is 0 Å². The molecule has 1 N–H and O–H groups in total. The lowest BCUT2D eigenvalue weighted by molar-refractivity contribution is -0.117. The van der Waals surface area contributed by atoms with Crippen LogP contribution in [0, 0.1) is 18.3 Å². The van der Waals surface area contributed by atoms with E-state index in [1.807, 2.05) is 45.0 Å². The average Bonchev–Trinajstić information content (AvgIpc) is 2.64. The number of halogens is 1. The van der Waals surface area contributed by atoms with Crippen molar-refractivity contribution in [3.8, 4) is 17.6 Å². The Labute approximate surface area is 174 Å². The molecule has 0 fully saturated rings. The van der Waals surface area contributed by atoms with E-state index >= 15 is 0 Å². The van der Waals surface area contributed by atoms with Gasteiger partial charge in [-0.1, -0.05) is 29.8 Å². The lowest BCUT2D eigenvalue weighted by Gasteiger charge is -2.14. The fraction of sp³-hybridized carbons (Fsp3) is 0.273. The summed E-state index contributed by atoms with van der Waals surface area (Å²) in [4.78, 5) is 12.1. The Bertz CT molecular complexity index is 930. The number of ether oxygens (including phenoxy) is 2. The number of nitrogens with zero attached hydrogens (tertiary/aromatic N) is 1. The molecule has 0 atom stereocenters. The van der Waals surface area contributed by atoms with Gasteiger partial charge in [-0.05, 0) is 66.0 Å². The van der Waals surface area contributed by atoms with E-state index in [0.717, 1.165) is 11.1 Å². The Hall–Kier alpha value is -2.78. The van der Waals surface area contributed by atoms with Gasteiger partial charge in [-0.3, -0.25) is 4.79 Å². The molecule has 0 aliphatic heterocycles. The number of methoxy groups -OCH3 is 1. The molecule has 146 valence electrons. The van der Waals surface area contributed by atoms with Gasteiger partial charge < -0.3 is 14.8 Å². The summed E-state index contributed by atoms with van der Waals surface area (Å²) < 4.78 is 12.1. The van der Waals surface area contributed by atoms with Crippen LogP contribution in [0.25, 0.3) is 6.08 Å². The predicted molar refractivity (Wildman–Crippen MR) is 113 cm³/mol. The van der Waals surface area contributed by atoms with Crippen molar-refractivity contribution in [2.24, 2.45) is 0 Å². The maximum absolute atomic E-state index is 12.1. The van der Waals surface area contributed by atoms with Gasteiger partial charge in [-0.25, -0.2) is 0 Å². The van der Waals surface area contributed by atoms with Gasteiger partial charge in [-0.2, -0.15) is 5.26 Å². The van der Waals surface area contributed by atoms with Crippen molar-refractivity contribution in [2.75, 3.05) is 7.11 Å². The molecule has 0 aliphatic carbocycles. The number of benzene rings is 2. The Morgan fingerprint density at radius 1 is 1.32 bits per heavy atom. The fourth-order valence-corrected chi connectivity index (χ4v) is 3.15. The molecule has 5 nitrogen and oxygen atoms in total. The first kappa shape index (κ1) is 21.5. The first-order valence-corrected chi connectivity index (χ1v) is 9.62. The van der Waals surface area contributed by atoms with Gasteiger partial charge in [0, 0.05) is 6.04 Å². The molecule has 0 heterocycles. The van der Waals surface area contributed by atoms with E-state index < -0.39 is 5.91 Å². The van der Waals surface area contributed by atoms with Crippen molar-refractivity contribution < 1.29 is 14.3 Å². The van der Waals surface area contributed by atoms with Gasteiger partial charge in [0.1, 0.15) is 18.2 Å². The summed E-state index contributed by atoms with van der Waals surface area (Å²) in [5.41, 5.74) is 2.89. The predicted octanol–water partition coefficient (Wildman–Crippen LogP) is 4.78. The molecule has 6 heteroatoms. The summed E-state index contributed by atoms with van der Waals surface area (Å²) in [6.45, 7) is 6.11. The van der Waals surface area contributed by atoms with E-state index in [-0.39, 0.29) is 11.6 Å². The third-order valence-electron chi connectivity index (χ3n) is 3.81. The number of nitriles is 1. The molecular formula is C22H23BrN2O3. The molecule has 2 rings (SSSR count). The van der Waals surface area contributed by atoms with Gasteiger partial charge in [-0.15, -0.1) is 0 Å². The van der Waals surface area contributed by atoms with Crippen molar-refractivity contribution in [3.05, 3.63) is 63.1 Å². The molecule has 0 unspecified atom stereocenters. The SMILES string of the molecule is COc1cc(/C=C(/C#N)C(=O)NC(C)C)cc(Br)c1OCc1cccc(C)c1. The van der Waals surface area contributed by atoms with Crippen molar-refractivity contribution in [1.82, 2.24) is 5.32 Å². The molecule has 0 saturated carbocycles. The van der Waals surface area contributed by atoms with E-state index in [2.05, 4.69) is 27.3 Å². The normalized spacial score (nSPS) is 11.1. The third kappa shape index (κ3) is 5.86. The number of hydrogen-bond acceptors (Lipinski definition) is 4. The average molecular weight is 443 g/mol. The van der Waals surface area contributed by atoms with Crippen LogP contribution in [0.3, 0.4) is 0 Å². The van der Waals surface area contributed by atoms with Crippen molar-refractivity contribution in [2.45, 2.75) is 33.4 Å². The highest BCUT2D eigenvalue weighted by atomic mass is 79.9. The number of nitrogens with one attached hydrogen (secondary N) is 1. The molecule has 2 aromatic carbocycles. The summed E-state index contributed by atoms with van der Waals surface area (Å²) in [7, 11) is 1.55. The first-order chi connectivity index (χ1) is 13.3. The Kier molecular flexibility index (Phi) is 7.65. The second-order valence-corrected chi connectivity index (χ2v) is 7.46. The van der Waals surface area contributed by atoms with Crippen LogP contribution < -0.4 is 14.8 Å². The lowest BCUT2D eigenvalue weighted by Crippen LogP contribution is -2.30. The smallest absolute Gasteiger partial charge is 0.262 e. The molecule has 0 spiro atoms. The minimum atomic E-state index is -0.410. The molecule has 2 aromatic rings. The third-order valence-corrected chi connectivity index (χ3v) is 4.40. The zero-order valence-corrected chi connectivity index (χ0v) is 18.0.